The Labute approximate surface area is 119 Å². The van der Waals surface area contributed by atoms with E-state index in [1.807, 2.05) is 6.92 Å². The Bertz CT molecular complexity index is 699. The highest BCUT2D eigenvalue weighted by Gasteiger charge is 2.14. The van der Waals surface area contributed by atoms with Crippen molar-refractivity contribution in [1.29, 1.82) is 0 Å². The molecule has 0 radical (unpaired) electrons. The van der Waals surface area contributed by atoms with Crippen molar-refractivity contribution in [2.75, 3.05) is 4.72 Å². The molecule has 19 heavy (non-hydrogen) atoms. The molecule has 0 spiro atoms. The lowest BCUT2D eigenvalue weighted by atomic mass is 10.2. The van der Waals surface area contributed by atoms with Crippen LogP contribution in [-0.4, -0.2) is 8.42 Å². The van der Waals surface area contributed by atoms with Gasteiger partial charge in [0.05, 0.1) is 4.90 Å². The molecular formula is C13H11BrFNO2S. The number of sulfonamides is 1. The second-order valence-corrected chi connectivity index (χ2v) is 6.56. The second-order valence-electron chi connectivity index (χ2n) is 4.02. The van der Waals surface area contributed by atoms with Crippen molar-refractivity contribution < 1.29 is 12.8 Å². The van der Waals surface area contributed by atoms with Gasteiger partial charge in [-0.25, -0.2) is 12.8 Å². The van der Waals surface area contributed by atoms with E-state index in [2.05, 4.69) is 20.7 Å². The molecule has 0 amide bonds. The molecule has 2 aromatic rings. The highest BCUT2D eigenvalue weighted by molar-refractivity contribution is 9.10. The lowest BCUT2D eigenvalue weighted by molar-refractivity contribution is 0.599. The summed E-state index contributed by atoms with van der Waals surface area (Å²) in [4.78, 5) is 0.0227. The molecule has 0 saturated heterocycles. The van der Waals surface area contributed by atoms with Crippen LogP contribution in [0.5, 0.6) is 0 Å². The van der Waals surface area contributed by atoms with Crippen LogP contribution in [-0.2, 0) is 10.0 Å². The number of nitrogens with one attached hydrogen (secondary N) is 1. The van der Waals surface area contributed by atoms with Gasteiger partial charge < -0.3 is 0 Å². The van der Waals surface area contributed by atoms with Crippen molar-refractivity contribution in [2.45, 2.75) is 11.8 Å². The molecule has 0 atom stereocenters. The number of anilines is 1. The molecular weight excluding hydrogens is 333 g/mol. The molecule has 100 valence electrons. The van der Waals surface area contributed by atoms with E-state index >= 15 is 0 Å². The SMILES string of the molecule is Cc1cc(NS(=O)(=O)c2ccc(F)cc2)ccc1Br. The normalized spacial score (nSPS) is 11.3. The zero-order valence-corrected chi connectivity index (χ0v) is 12.4. The average molecular weight is 344 g/mol. The summed E-state index contributed by atoms with van der Waals surface area (Å²) in [6.07, 6.45) is 0. The van der Waals surface area contributed by atoms with Gasteiger partial charge in [-0.15, -0.1) is 0 Å². The zero-order valence-electron chi connectivity index (χ0n) is 10.0. The maximum Gasteiger partial charge on any atom is 0.261 e. The fourth-order valence-corrected chi connectivity index (χ4v) is 2.83. The lowest BCUT2D eigenvalue weighted by Crippen LogP contribution is -2.13. The smallest absolute Gasteiger partial charge is 0.261 e. The molecule has 0 bridgehead atoms. The topological polar surface area (TPSA) is 46.2 Å². The fraction of sp³-hybridized carbons (Fsp3) is 0.0769. The third-order valence-corrected chi connectivity index (χ3v) is 4.82. The van der Waals surface area contributed by atoms with Gasteiger partial charge in [-0.1, -0.05) is 15.9 Å². The Kier molecular flexibility index (Phi) is 3.91. The molecule has 6 heteroatoms. The summed E-state index contributed by atoms with van der Waals surface area (Å²) in [5, 5.41) is 0. The van der Waals surface area contributed by atoms with Crippen molar-refractivity contribution in [1.82, 2.24) is 0 Å². The standard InChI is InChI=1S/C13H11BrFNO2S/c1-9-8-11(4-7-13(9)14)16-19(17,18)12-5-2-10(15)3-6-12/h2-8,16H,1H3. The molecule has 3 nitrogen and oxygen atoms in total. The number of hydrogen-bond donors (Lipinski definition) is 1. The first-order chi connectivity index (χ1) is 8.88. The Balaban J connectivity index is 2.30. The molecule has 0 aliphatic carbocycles. The monoisotopic (exact) mass is 343 g/mol. The van der Waals surface area contributed by atoms with Gasteiger partial charge in [0.2, 0.25) is 0 Å². The van der Waals surface area contributed by atoms with Gasteiger partial charge in [-0.3, -0.25) is 4.72 Å². The van der Waals surface area contributed by atoms with E-state index in [0.717, 1.165) is 22.2 Å². The van der Waals surface area contributed by atoms with E-state index < -0.39 is 15.8 Å². The average Bonchev–Trinajstić information content (AvgIpc) is 2.34. The minimum atomic E-state index is -3.69. The quantitative estimate of drug-likeness (QED) is 0.923. The van der Waals surface area contributed by atoms with Gasteiger partial charge in [0, 0.05) is 10.2 Å². The second kappa shape index (κ2) is 5.30. The number of benzene rings is 2. The van der Waals surface area contributed by atoms with Gasteiger partial charge in [0.15, 0.2) is 0 Å². The highest BCUT2D eigenvalue weighted by Crippen LogP contribution is 2.22. The summed E-state index contributed by atoms with van der Waals surface area (Å²) in [5.74, 6) is -0.474. The van der Waals surface area contributed by atoms with E-state index in [9.17, 15) is 12.8 Å². The molecule has 0 fully saturated rings. The number of halogens is 2. The fourth-order valence-electron chi connectivity index (χ4n) is 1.54. The van der Waals surface area contributed by atoms with Crippen LogP contribution >= 0.6 is 15.9 Å². The number of hydrogen-bond acceptors (Lipinski definition) is 2. The van der Waals surface area contributed by atoms with Crippen molar-refractivity contribution in [3.63, 3.8) is 0 Å². The summed E-state index contributed by atoms with van der Waals surface area (Å²) >= 11 is 3.34. The van der Waals surface area contributed by atoms with Crippen molar-refractivity contribution in [3.05, 3.63) is 58.3 Å². The lowest BCUT2D eigenvalue weighted by Gasteiger charge is -2.09. The van der Waals surface area contributed by atoms with E-state index in [4.69, 9.17) is 0 Å². The van der Waals surface area contributed by atoms with Crippen molar-refractivity contribution in [2.24, 2.45) is 0 Å². The first kappa shape index (κ1) is 14.0. The predicted molar refractivity (Wildman–Crippen MR) is 76.1 cm³/mol. The molecule has 0 saturated carbocycles. The van der Waals surface area contributed by atoms with Gasteiger partial charge in [0.1, 0.15) is 5.82 Å². The van der Waals surface area contributed by atoms with Crippen LogP contribution in [0.2, 0.25) is 0 Å². The van der Waals surface area contributed by atoms with E-state index in [-0.39, 0.29) is 4.90 Å². The van der Waals surface area contributed by atoms with Crippen LogP contribution in [0.3, 0.4) is 0 Å². The highest BCUT2D eigenvalue weighted by atomic mass is 79.9. The molecule has 2 rings (SSSR count). The predicted octanol–water partition coefficient (Wildman–Crippen LogP) is 3.70. The van der Waals surface area contributed by atoms with E-state index in [1.54, 1.807) is 18.2 Å². The zero-order chi connectivity index (χ0) is 14.0. The van der Waals surface area contributed by atoms with Crippen LogP contribution in [0.15, 0.2) is 51.8 Å². The summed E-state index contributed by atoms with van der Waals surface area (Å²) in [6.45, 7) is 1.86. The molecule has 0 aliphatic heterocycles. The van der Waals surface area contributed by atoms with E-state index in [1.165, 1.54) is 12.1 Å². The summed E-state index contributed by atoms with van der Waals surface area (Å²) < 4.78 is 40.3. The molecule has 0 heterocycles. The van der Waals surface area contributed by atoms with Crippen LogP contribution in [0, 0.1) is 12.7 Å². The van der Waals surface area contributed by atoms with Crippen LogP contribution < -0.4 is 4.72 Å². The third-order valence-electron chi connectivity index (χ3n) is 2.53. The minimum absolute atomic E-state index is 0.0227. The molecule has 0 aromatic heterocycles. The Hall–Kier alpha value is -1.40. The Morgan fingerprint density at radius 1 is 1.11 bits per heavy atom. The first-order valence-electron chi connectivity index (χ1n) is 5.43. The molecule has 2 aromatic carbocycles. The van der Waals surface area contributed by atoms with Gasteiger partial charge in [0.25, 0.3) is 10.0 Å². The largest absolute Gasteiger partial charge is 0.280 e. The van der Waals surface area contributed by atoms with Gasteiger partial charge >= 0.3 is 0 Å². The summed E-state index contributed by atoms with van der Waals surface area (Å²) in [6, 6.07) is 9.80. The molecule has 1 N–H and O–H groups in total. The number of aryl methyl sites for hydroxylation is 1. The molecule has 0 aliphatic rings. The van der Waals surface area contributed by atoms with E-state index in [0.29, 0.717) is 5.69 Å². The third kappa shape index (κ3) is 3.33. The Morgan fingerprint density at radius 2 is 1.74 bits per heavy atom. The van der Waals surface area contributed by atoms with Gasteiger partial charge in [-0.2, -0.15) is 0 Å². The van der Waals surface area contributed by atoms with Crippen molar-refractivity contribution in [3.8, 4) is 0 Å². The van der Waals surface area contributed by atoms with Crippen LogP contribution in [0.4, 0.5) is 10.1 Å². The van der Waals surface area contributed by atoms with Crippen LogP contribution in [0.25, 0.3) is 0 Å². The van der Waals surface area contributed by atoms with Gasteiger partial charge in [-0.05, 0) is 55.0 Å². The van der Waals surface area contributed by atoms with Crippen LogP contribution in [0.1, 0.15) is 5.56 Å². The van der Waals surface area contributed by atoms with Crippen molar-refractivity contribution >= 4 is 31.6 Å². The summed E-state index contributed by atoms with van der Waals surface area (Å²) in [5.41, 5.74) is 1.38. The summed E-state index contributed by atoms with van der Waals surface area (Å²) in [7, 11) is -3.69. The first-order valence-corrected chi connectivity index (χ1v) is 7.71. The minimum Gasteiger partial charge on any atom is -0.280 e. The maximum atomic E-state index is 12.8. The molecule has 0 unspecified atom stereocenters. The Morgan fingerprint density at radius 3 is 2.32 bits per heavy atom. The maximum absolute atomic E-state index is 12.8. The number of rotatable bonds is 3.